The number of benzene rings is 3. The van der Waals surface area contributed by atoms with Crippen molar-refractivity contribution in [3.63, 3.8) is 0 Å². The van der Waals surface area contributed by atoms with Gasteiger partial charge >= 0.3 is 0 Å². The number of ether oxygens (including phenoxy) is 1. The molecule has 0 aliphatic carbocycles. The summed E-state index contributed by atoms with van der Waals surface area (Å²) in [5.41, 5.74) is 3.50. The van der Waals surface area contributed by atoms with Crippen LogP contribution in [0, 0.1) is 6.92 Å². The molecule has 0 atom stereocenters. The third-order valence-electron chi connectivity index (χ3n) is 3.86. The molecule has 3 heteroatoms. The fourth-order valence-electron chi connectivity index (χ4n) is 2.49. The average Bonchev–Trinajstić information content (AvgIpc) is 2.64. The van der Waals surface area contributed by atoms with Gasteiger partial charge in [-0.05, 0) is 50.2 Å². The van der Waals surface area contributed by atoms with Crippen LogP contribution in [-0.2, 0) is 0 Å². The first-order chi connectivity index (χ1) is 12.6. The van der Waals surface area contributed by atoms with Crippen LogP contribution in [0.5, 0.6) is 11.5 Å². The SMILES string of the molecule is CC(=CC(=O)c1ccc(C)cc1)Nc1ccc(Oc2ccccc2)cc1. The van der Waals surface area contributed by atoms with Gasteiger partial charge in [-0.25, -0.2) is 0 Å². The third-order valence-corrected chi connectivity index (χ3v) is 3.86. The molecule has 0 aromatic heterocycles. The fourth-order valence-corrected chi connectivity index (χ4v) is 2.49. The number of para-hydroxylation sites is 1. The molecule has 0 amide bonds. The molecule has 0 spiro atoms. The summed E-state index contributed by atoms with van der Waals surface area (Å²) >= 11 is 0. The Bertz CT molecular complexity index is 895. The Hall–Kier alpha value is -3.33. The van der Waals surface area contributed by atoms with E-state index >= 15 is 0 Å². The predicted octanol–water partition coefficient (Wildman–Crippen LogP) is 5.99. The second-order valence-electron chi connectivity index (χ2n) is 6.12. The van der Waals surface area contributed by atoms with Crippen LogP contribution < -0.4 is 10.1 Å². The van der Waals surface area contributed by atoms with Crippen LogP contribution in [0.2, 0.25) is 0 Å². The summed E-state index contributed by atoms with van der Waals surface area (Å²) in [5, 5.41) is 3.23. The number of allylic oxidation sites excluding steroid dienone is 2. The van der Waals surface area contributed by atoms with Crippen LogP contribution in [0.3, 0.4) is 0 Å². The van der Waals surface area contributed by atoms with E-state index in [2.05, 4.69) is 5.32 Å². The fraction of sp³-hybridized carbons (Fsp3) is 0.0870. The van der Waals surface area contributed by atoms with Crippen LogP contribution >= 0.6 is 0 Å². The number of rotatable bonds is 6. The molecule has 0 unspecified atom stereocenters. The second-order valence-corrected chi connectivity index (χ2v) is 6.12. The van der Waals surface area contributed by atoms with Gasteiger partial charge in [-0.3, -0.25) is 4.79 Å². The van der Waals surface area contributed by atoms with Gasteiger partial charge in [0.1, 0.15) is 11.5 Å². The molecule has 130 valence electrons. The zero-order valence-electron chi connectivity index (χ0n) is 14.9. The van der Waals surface area contributed by atoms with E-state index in [1.807, 2.05) is 92.7 Å². The Morgan fingerprint density at radius 2 is 1.46 bits per heavy atom. The van der Waals surface area contributed by atoms with Gasteiger partial charge < -0.3 is 10.1 Å². The van der Waals surface area contributed by atoms with E-state index < -0.39 is 0 Å². The number of carbonyl (C=O) groups is 1. The molecule has 1 N–H and O–H groups in total. The molecule has 3 aromatic rings. The largest absolute Gasteiger partial charge is 0.457 e. The molecule has 3 nitrogen and oxygen atoms in total. The van der Waals surface area contributed by atoms with Crippen molar-refractivity contribution in [3.05, 3.63) is 102 Å². The topological polar surface area (TPSA) is 38.3 Å². The number of hydrogen-bond acceptors (Lipinski definition) is 3. The van der Waals surface area contributed by atoms with Crippen molar-refractivity contribution >= 4 is 11.5 Å². The lowest BCUT2D eigenvalue weighted by atomic mass is 10.1. The summed E-state index contributed by atoms with van der Waals surface area (Å²) in [6.45, 7) is 3.88. The van der Waals surface area contributed by atoms with E-state index in [9.17, 15) is 4.79 Å². The maximum atomic E-state index is 12.3. The number of nitrogens with one attached hydrogen (secondary N) is 1. The van der Waals surface area contributed by atoms with Crippen molar-refractivity contribution in [2.45, 2.75) is 13.8 Å². The molecule has 0 heterocycles. The summed E-state index contributed by atoms with van der Waals surface area (Å²) in [6, 6.07) is 24.8. The molecule has 3 rings (SSSR count). The lowest BCUT2D eigenvalue weighted by Crippen LogP contribution is -2.01. The minimum atomic E-state index is -0.0148. The van der Waals surface area contributed by atoms with Crippen LogP contribution in [-0.4, -0.2) is 5.78 Å². The van der Waals surface area contributed by atoms with Crippen molar-refractivity contribution in [1.29, 1.82) is 0 Å². The highest BCUT2D eigenvalue weighted by Crippen LogP contribution is 2.23. The molecule has 3 aromatic carbocycles. The number of carbonyl (C=O) groups excluding carboxylic acids is 1. The van der Waals surface area contributed by atoms with Crippen LogP contribution in [0.4, 0.5) is 5.69 Å². The van der Waals surface area contributed by atoms with Crippen molar-refractivity contribution in [2.24, 2.45) is 0 Å². The third kappa shape index (κ3) is 4.84. The maximum Gasteiger partial charge on any atom is 0.187 e. The van der Waals surface area contributed by atoms with E-state index in [0.29, 0.717) is 5.56 Å². The highest BCUT2D eigenvalue weighted by molar-refractivity contribution is 6.05. The summed E-state index contributed by atoms with van der Waals surface area (Å²) < 4.78 is 5.77. The van der Waals surface area contributed by atoms with Gasteiger partial charge in [0.05, 0.1) is 0 Å². The number of hydrogen-bond donors (Lipinski definition) is 1. The quantitative estimate of drug-likeness (QED) is 0.441. The van der Waals surface area contributed by atoms with Crippen molar-refractivity contribution in [2.75, 3.05) is 5.32 Å². The monoisotopic (exact) mass is 343 g/mol. The Morgan fingerprint density at radius 1 is 0.846 bits per heavy atom. The Kier molecular flexibility index (Phi) is 5.49. The lowest BCUT2D eigenvalue weighted by Gasteiger charge is -2.09. The molecule has 0 radical (unpaired) electrons. The molecule has 0 fully saturated rings. The lowest BCUT2D eigenvalue weighted by molar-refractivity contribution is 0.104. The zero-order chi connectivity index (χ0) is 18.4. The standard InChI is InChI=1S/C23H21NO2/c1-17-8-10-19(11-9-17)23(25)16-18(2)24-20-12-14-22(15-13-20)26-21-6-4-3-5-7-21/h3-16,24H,1-2H3. The van der Waals surface area contributed by atoms with Gasteiger partial charge in [0.2, 0.25) is 0 Å². The summed E-state index contributed by atoms with van der Waals surface area (Å²) in [5.74, 6) is 1.55. The van der Waals surface area contributed by atoms with Crippen LogP contribution in [0.1, 0.15) is 22.8 Å². The molecule has 0 aliphatic heterocycles. The van der Waals surface area contributed by atoms with E-state index in [1.54, 1.807) is 6.08 Å². The molecular formula is C23H21NO2. The highest BCUT2D eigenvalue weighted by atomic mass is 16.5. The molecule has 0 saturated carbocycles. The Balaban J connectivity index is 1.62. The van der Waals surface area contributed by atoms with E-state index in [1.165, 1.54) is 0 Å². The van der Waals surface area contributed by atoms with E-state index in [-0.39, 0.29) is 5.78 Å². The Morgan fingerprint density at radius 3 is 2.12 bits per heavy atom. The summed E-state index contributed by atoms with van der Waals surface area (Å²) in [6.07, 6.45) is 1.61. The van der Waals surface area contributed by atoms with Gasteiger partial charge in [-0.1, -0.05) is 48.0 Å². The number of aryl methyl sites for hydroxylation is 1. The van der Waals surface area contributed by atoms with Crippen LogP contribution in [0.15, 0.2) is 90.6 Å². The summed E-state index contributed by atoms with van der Waals surface area (Å²) in [7, 11) is 0. The van der Waals surface area contributed by atoms with Gasteiger partial charge in [0.15, 0.2) is 5.78 Å². The minimum absolute atomic E-state index is 0.0148. The van der Waals surface area contributed by atoms with Gasteiger partial charge in [0.25, 0.3) is 0 Å². The van der Waals surface area contributed by atoms with E-state index in [4.69, 9.17) is 4.74 Å². The van der Waals surface area contributed by atoms with E-state index in [0.717, 1.165) is 28.4 Å². The highest BCUT2D eigenvalue weighted by Gasteiger charge is 2.03. The molecular weight excluding hydrogens is 322 g/mol. The van der Waals surface area contributed by atoms with Gasteiger partial charge in [-0.15, -0.1) is 0 Å². The first kappa shape index (κ1) is 17.5. The average molecular weight is 343 g/mol. The predicted molar refractivity (Wildman–Crippen MR) is 106 cm³/mol. The molecule has 0 saturated heterocycles. The molecule has 0 aliphatic rings. The zero-order valence-corrected chi connectivity index (χ0v) is 14.9. The molecule has 0 bridgehead atoms. The minimum Gasteiger partial charge on any atom is -0.457 e. The van der Waals surface area contributed by atoms with Crippen molar-refractivity contribution in [3.8, 4) is 11.5 Å². The Labute approximate surface area is 154 Å². The van der Waals surface area contributed by atoms with Crippen molar-refractivity contribution in [1.82, 2.24) is 0 Å². The smallest absolute Gasteiger partial charge is 0.187 e. The maximum absolute atomic E-state index is 12.3. The first-order valence-corrected chi connectivity index (χ1v) is 8.49. The summed E-state index contributed by atoms with van der Waals surface area (Å²) in [4.78, 5) is 12.3. The number of anilines is 1. The second kappa shape index (κ2) is 8.17. The van der Waals surface area contributed by atoms with Gasteiger partial charge in [-0.2, -0.15) is 0 Å². The van der Waals surface area contributed by atoms with Crippen LogP contribution in [0.25, 0.3) is 0 Å². The van der Waals surface area contributed by atoms with Gasteiger partial charge in [0, 0.05) is 23.0 Å². The number of ketones is 1. The molecule has 26 heavy (non-hydrogen) atoms. The first-order valence-electron chi connectivity index (χ1n) is 8.49. The normalized spacial score (nSPS) is 11.1. The van der Waals surface area contributed by atoms with Crippen molar-refractivity contribution < 1.29 is 9.53 Å².